The number of hydrogen-bond donors (Lipinski definition) is 0. The Kier molecular flexibility index (Phi) is 4.03. The van der Waals surface area contributed by atoms with E-state index in [4.69, 9.17) is 0 Å². The quantitative estimate of drug-likeness (QED) is 0.717. The van der Waals surface area contributed by atoms with Gasteiger partial charge < -0.3 is 0 Å². The van der Waals surface area contributed by atoms with Crippen LogP contribution in [-0.4, -0.2) is 12.8 Å². The number of halogens is 2. The summed E-state index contributed by atoms with van der Waals surface area (Å²) in [5.41, 5.74) is 2.94. The van der Waals surface area contributed by atoms with Gasteiger partial charge in [0.2, 0.25) is 0 Å². The highest BCUT2D eigenvalue weighted by Crippen LogP contribution is 2.26. The van der Waals surface area contributed by atoms with Crippen LogP contribution in [0, 0.1) is 5.82 Å². The highest BCUT2D eigenvalue weighted by molar-refractivity contribution is 9.10. The number of nitrogens with zero attached hydrogens (tertiary/aromatic N) is 1. The van der Waals surface area contributed by atoms with Gasteiger partial charge in [-0.05, 0) is 52.0 Å². The van der Waals surface area contributed by atoms with E-state index in [1.807, 2.05) is 6.92 Å². The van der Waals surface area contributed by atoms with Gasteiger partial charge in [-0.15, -0.1) is 0 Å². The van der Waals surface area contributed by atoms with Crippen LogP contribution in [0.4, 0.5) is 4.39 Å². The van der Waals surface area contributed by atoms with Crippen molar-refractivity contribution in [3.8, 4) is 0 Å². The van der Waals surface area contributed by atoms with Gasteiger partial charge in [0.25, 0.3) is 0 Å². The summed E-state index contributed by atoms with van der Waals surface area (Å²) < 4.78 is 13.9. The van der Waals surface area contributed by atoms with Crippen molar-refractivity contribution in [2.45, 2.75) is 26.7 Å². The summed E-state index contributed by atoms with van der Waals surface area (Å²) in [6.45, 7) is 6.04. The number of hydrogen-bond acceptors (Lipinski definition) is 1. The van der Waals surface area contributed by atoms with Gasteiger partial charge in [-0.1, -0.05) is 13.8 Å². The lowest BCUT2D eigenvalue weighted by atomic mass is 9.95. The zero-order chi connectivity index (χ0) is 11.6. The Hall–Kier alpha value is -0.700. The third-order valence-corrected chi connectivity index (χ3v) is 3.05. The molecule has 0 spiro atoms. The lowest BCUT2D eigenvalue weighted by Gasteiger charge is -2.13. The van der Waals surface area contributed by atoms with Crippen molar-refractivity contribution >= 4 is 21.6 Å². The second-order valence-corrected chi connectivity index (χ2v) is 4.67. The molecule has 0 saturated heterocycles. The molecule has 0 amide bonds. The van der Waals surface area contributed by atoms with Gasteiger partial charge in [0, 0.05) is 12.8 Å². The SMILES string of the molecule is CN=C(C)c1cc(Br)c(F)cc1C(C)C. The Morgan fingerprint density at radius 1 is 1.40 bits per heavy atom. The molecular weight excluding hydrogens is 257 g/mol. The van der Waals surface area contributed by atoms with Crippen LogP contribution in [0.5, 0.6) is 0 Å². The minimum absolute atomic E-state index is 0.216. The summed E-state index contributed by atoms with van der Waals surface area (Å²) in [7, 11) is 1.75. The number of aliphatic imine (C=N–C) groups is 1. The monoisotopic (exact) mass is 271 g/mol. The van der Waals surface area contributed by atoms with Crippen LogP contribution in [0.15, 0.2) is 21.6 Å². The third-order valence-electron chi connectivity index (χ3n) is 2.44. The molecule has 0 fully saturated rings. The van der Waals surface area contributed by atoms with Gasteiger partial charge in [0.1, 0.15) is 5.82 Å². The van der Waals surface area contributed by atoms with E-state index >= 15 is 0 Å². The van der Waals surface area contributed by atoms with Crippen molar-refractivity contribution in [3.63, 3.8) is 0 Å². The van der Waals surface area contributed by atoms with E-state index in [2.05, 4.69) is 34.8 Å². The van der Waals surface area contributed by atoms with Gasteiger partial charge in [-0.2, -0.15) is 0 Å². The molecule has 0 radical (unpaired) electrons. The maximum atomic E-state index is 13.4. The van der Waals surface area contributed by atoms with Crippen molar-refractivity contribution in [3.05, 3.63) is 33.5 Å². The lowest BCUT2D eigenvalue weighted by molar-refractivity contribution is 0.616. The summed E-state index contributed by atoms with van der Waals surface area (Å²) in [4.78, 5) is 4.15. The minimum Gasteiger partial charge on any atom is -0.293 e. The molecule has 0 aliphatic rings. The molecular formula is C12H15BrFN. The summed E-state index contributed by atoms with van der Waals surface area (Å²) >= 11 is 3.20. The average Bonchev–Trinajstić information content (AvgIpc) is 2.20. The maximum absolute atomic E-state index is 13.4. The smallest absolute Gasteiger partial charge is 0.137 e. The van der Waals surface area contributed by atoms with E-state index in [-0.39, 0.29) is 5.82 Å². The fourth-order valence-corrected chi connectivity index (χ4v) is 1.82. The Bertz CT molecular complexity index is 397. The van der Waals surface area contributed by atoms with Crippen LogP contribution in [0.1, 0.15) is 37.8 Å². The molecule has 1 aromatic carbocycles. The van der Waals surface area contributed by atoms with Crippen LogP contribution in [-0.2, 0) is 0 Å². The van der Waals surface area contributed by atoms with Crippen molar-refractivity contribution in [2.75, 3.05) is 7.05 Å². The highest BCUT2D eigenvalue weighted by Gasteiger charge is 2.12. The average molecular weight is 272 g/mol. The first-order valence-electron chi connectivity index (χ1n) is 4.90. The summed E-state index contributed by atoms with van der Waals surface area (Å²) in [6.07, 6.45) is 0. The predicted molar refractivity (Wildman–Crippen MR) is 66.3 cm³/mol. The third kappa shape index (κ3) is 2.65. The van der Waals surface area contributed by atoms with E-state index in [0.29, 0.717) is 10.4 Å². The fraction of sp³-hybridized carbons (Fsp3) is 0.417. The van der Waals surface area contributed by atoms with Gasteiger partial charge in [-0.25, -0.2) is 4.39 Å². The molecule has 0 aromatic heterocycles. The first kappa shape index (κ1) is 12.4. The topological polar surface area (TPSA) is 12.4 Å². The molecule has 0 heterocycles. The molecule has 1 nitrogen and oxygen atoms in total. The summed E-state index contributed by atoms with van der Waals surface area (Å²) in [6, 6.07) is 3.38. The molecule has 0 saturated carbocycles. The van der Waals surface area contributed by atoms with Crippen molar-refractivity contribution < 1.29 is 4.39 Å². The van der Waals surface area contributed by atoms with Gasteiger partial charge in [0.15, 0.2) is 0 Å². The van der Waals surface area contributed by atoms with E-state index in [1.165, 1.54) is 0 Å². The van der Waals surface area contributed by atoms with Crippen LogP contribution >= 0.6 is 15.9 Å². The van der Waals surface area contributed by atoms with Crippen LogP contribution in [0.25, 0.3) is 0 Å². The van der Waals surface area contributed by atoms with Crippen LogP contribution in [0.2, 0.25) is 0 Å². The molecule has 3 heteroatoms. The standard InChI is InChI=1S/C12H15BrFN/c1-7(2)9-6-12(14)11(13)5-10(9)8(3)15-4/h5-7H,1-4H3. The van der Waals surface area contributed by atoms with E-state index in [1.54, 1.807) is 19.2 Å². The zero-order valence-electron chi connectivity index (χ0n) is 9.44. The lowest BCUT2D eigenvalue weighted by Crippen LogP contribution is -2.04. The van der Waals surface area contributed by atoms with E-state index in [0.717, 1.165) is 16.8 Å². The molecule has 0 aliphatic heterocycles. The zero-order valence-corrected chi connectivity index (χ0v) is 11.0. The predicted octanol–water partition coefficient (Wildman–Crippen LogP) is 4.15. The van der Waals surface area contributed by atoms with Gasteiger partial charge in [0.05, 0.1) is 4.47 Å². The Morgan fingerprint density at radius 2 is 2.00 bits per heavy atom. The summed E-state index contributed by atoms with van der Waals surface area (Å²) in [5, 5.41) is 0. The molecule has 82 valence electrons. The summed E-state index contributed by atoms with van der Waals surface area (Å²) in [5.74, 6) is 0.0747. The molecule has 0 aliphatic carbocycles. The number of rotatable bonds is 2. The minimum atomic E-state index is -0.216. The molecule has 1 aromatic rings. The van der Waals surface area contributed by atoms with E-state index < -0.39 is 0 Å². The highest BCUT2D eigenvalue weighted by atomic mass is 79.9. The molecule has 0 atom stereocenters. The molecule has 0 unspecified atom stereocenters. The van der Waals surface area contributed by atoms with Crippen molar-refractivity contribution in [1.82, 2.24) is 0 Å². The maximum Gasteiger partial charge on any atom is 0.137 e. The van der Waals surface area contributed by atoms with Crippen molar-refractivity contribution in [1.29, 1.82) is 0 Å². The Labute approximate surface area is 98.5 Å². The largest absolute Gasteiger partial charge is 0.293 e. The molecule has 1 rings (SSSR count). The first-order chi connectivity index (χ1) is 6.97. The fourth-order valence-electron chi connectivity index (χ4n) is 1.47. The van der Waals surface area contributed by atoms with Gasteiger partial charge >= 0.3 is 0 Å². The van der Waals surface area contributed by atoms with Crippen LogP contribution < -0.4 is 0 Å². The van der Waals surface area contributed by atoms with Crippen molar-refractivity contribution in [2.24, 2.45) is 4.99 Å². The second kappa shape index (κ2) is 4.88. The molecule has 0 N–H and O–H groups in total. The van der Waals surface area contributed by atoms with Gasteiger partial charge in [-0.3, -0.25) is 4.99 Å². The first-order valence-corrected chi connectivity index (χ1v) is 5.69. The normalized spacial score (nSPS) is 12.3. The Morgan fingerprint density at radius 3 is 2.47 bits per heavy atom. The Balaban J connectivity index is 3.41. The number of benzene rings is 1. The second-order valence-electron chi connectivity index (χ2n) is 3.82. The van der Waals surface area contributed by atoms with E-state index in [9.17, 15) is 4.39 Å². The van der Waals surface area contributed by atoms with Crippen LogP contribution in [0.3, 0.4) is 0 Å². The molecule has 0 bridgehead atoms. The molecule has 15 heavy (non-hydrogen) atoms.